The van der Waals surface area contributed by atoms with Gasteiger partial charge in [0.25, 0.3) is 0 Å². The number of aryl methyl sites for hydroxylation is 1. The average molecular weight is 375 g/mol. The van der Waals surface area contributed by atoms with Crippen molar-refractivity contribution >= 4 is 27.8 Å². The fourth-order valence-electron chi connectivity index (χ4n) is 4.04. The lowest BCUT2D eigenvalue weighted by atomic mass is 10.1. The molecule has 3 heterocycles. The summed E-state index contributed by atoms with van der Waals surface area (Å²) >= 11 is 0. The summed E-state index contributed by atoms with van der Waals surface area (Å²) in [5.41, 5.74) is 3.07. The Balaban J connectivity index is 1.49. The highest BCUT2D eigenvalue weighted by Gasteiger charge is 2.32. The van der Waals surface area contributed by atoms with Gasteiger partial charge in [-0.15, -0.1) is 0 Å². The van der Waals surface area contributed by atoms with Gasteiger partial charge in [0.05, 0.1) is 36.8 Å². The van der Waals surface area contributed by atoms with Crippen molar-refractivity contribution in [1.29, 1.82) is 0 Å². The summed E-state index contributed by atoms with van der Waals surface area (Å²) in [4.78, 5) is 15.9. The maximum atomic E-state index is 5.46. The van der Waals surface area contributed by atoms with Crippen LogP contribution in [0.2, 0.25) is 0 Å². The number of benzene rings is 2. The van der Waals surface area contributed by atoms with E-state index in [9.17, 15) is 0 Å². The van der Waals surface area contributed by atoms with E-state index >= 15 is 0 Å². The van der Waals surface area contributed by atoms with Gasteiger partial charge >= 0.3 is 0 Å². The maximum absolute atomic E-state index is 5.46. The first-order valence-electron chi connectivity index (χ1n) is 9.25. The fourth-order valence-corrected chi connectivity index (χ4v) is 4.04. The molecule has 5 rings (SSSR count). The highest BCUT2D eigenvalue weighted by Crippen LogP contribution is 2.38. The van der Waals surface area contributed by atoms with Gasteiger partial charge in [-0.25, -0.2) is 15.0 Å². The summed E-state index contributed by atoms with van der Waals surface area (Å²) < 4.78 is 13.2. The normalized spacial score (nSPS) is 14.5. The molecule has 1 saturated heterocycles. The van der Waals surface area contributed by atoms with Crippen molar-refractivity contribution in [3.05, 3.63) is 48.5 Å². The van der Waals surface area contributed by atoms with Crippen LogP contribution in [0.1, 0.15) is 11.9 Å². The van der Waals surface area contributed by atoms with Crippen LogP contribution in [0, 0.1) is 6.92 Å². The lowest BCUT2D eigenvalue weighted by Gasteiger charge is -2.41. The van der Waals surface area contributed by atoms with Gasteiger partial charge < -0.3 is 18.9 Å². The largest absolute Gasteiger partial charge is 0.493 e. The fraction of sp³-hybridized carbons (Fsp3) is 0.286. The molecule has 0 atom stereocenters. The Morgan fingerprint density at radius 3 is 2.50 bits per heavy atom. The predicted octanol–water partition coefficient (Wildman–Crippen LogP) is 3.37. The molecule has 0 saturated carbocycles. The summed E-state index contributed by atoms with van der Waals surface area (Å²) in [6.45, 7) is 3.82. The SMILES string of the molecule is COc1cc2ncnc(N3CC(n4c(C)nc5ccccc54)C3)c2cc1OC. The van der Waals surface area contributed by atoms with Crippen LogP contribution in [0.3, 0.4) is 0 Å². The van der Waals surface area contributed by atoms with Crippen molar-refractivity contribution in [2.24, 2.45) is 0 Å². The van der Waals surface area contributed by atoms with E-state index in [4.69, 9.17) is 14.5 Å². The zero-order valence-corrected chi connectivity index (χ0v) is 16.1. The van der Waals surface area contributed by atoms with Gasteiger partial charge in [0.2, 0.25) is 0 Å². The van der Waals surface area contributed by atoms with Crippen molar-refractivity contribution in [3.63, 3.8) is 0 Å². The molecule has 0 aliphatic carbocycles. The van der Waals surface area contributed by atoms with E-state index in [-0.39, 0.29) is 0 Å². The summed E-state index contributed by atoms with van der Waals surface area (Å²) in [7, 11) is 3.27. The molecule has 2 aromatic heterocycles. The van der Waals surface area contributed by atoms with Gasteiger partial charge in [-0.3, -0.25) is 0 Å². The average Bonchev–Trinajstić information content (AvgIpc) is 3.02. The van der Waals surface area contributed by atoms with Crippen LogP contribution < -0.4 is 14.4 Å². The molecule has 0 unspecified atom stereocenters. The number of ether oxygens (including phenoxy) is 2. The molecule has 4 aromatic rings. The molecule has 2 aromatic carbocycles. The molecule has 7 nitrogen and oxygen atoms in total. The minimum absolute atomic E-state index is 0.373. The molecule has 1 aliphatic heterocycles. The van der Waals surface area contributed by atoms with Gasteiger partial charge in [0.1, 0.15) is 18.0 Å². The summed E-state index contributed by atoms with van der Waals surface area (Å²) in [6, 6.07) is 12.5. The molecule has 0 N–H and O–H groups in total. The van der Waals surface area contributed by atoms with Gasteiger partial charge in [0, 0.05) is 24.5 Å². The number of fused-ring (bicyclic) bond motifs is 2. The minimum Gasteiger partial charge on any atom is -0.493 e. The number of rotatable bonds is 4. The second-order valence-corrected chi connectivity index (χ2v) is 7.00. The molecule has 1 fully saturated rings. The molecule has 0 bridgehead atoms. The lowest BCUT2D eigenvalue weighted by molar-refractivity contribution is 0.355. The zero-order valence-electron chi connectivity index (χ0n) is 16.1. The van der Waals surface area contributed by atoms with E-state index in [0.717, 1.165) is 41.2 Å². The maximum Gasteiger partial charge on any atom is 0.162 e. The van der Waals surface area contributed by atoms with Gasteiger partial charge in [-0.1, -0.05) is 12.1 Å². The first kappa shape index (κ1) is 16.8. The quantitative estimate of drug-likeness (QED) is 0.545. The molecule has 0 amide bonds. The Morgan fingerprint density at radius 2 is 1.71 bits per heavy atom. The predicted molar refractivity (Wildman–Crippen MR) is 108 cm³/mol. The molecule has 142 valence electrons. The van der Waals surface area contributed by atoms with Gasteiger partial charge in [-0.2, -0.15) is 0 Å². The number of hydrogen-bond donors (Lipinski definition) is 0. The molecular formula is C21H21N5O2. The highest BCUT2D eigenvalue weighted by molar-refractivity contribution is 5.92. The Kier molecular flexibility index (Phi) is 3.82. The van der Waals surface area contributed by atoms with Crippen molar-refractivity contribution in [3.8, 4) is 11.5 Å². The monoisotopic (exact) mass is 375 g/mol. The van der Waals surface area contributed by atoms with E-state index in [1.165, 1.54) is 5.52 Å². The van der Waals surface area contributed by atoms with Crippen LogP contribution in [0.4, 0.5) is 5.82 Å². The molecular weight excluding hydrogens is 354 g/mol. The smallest absolute Gasteiger partial charge is 0.162 e. The van der Waals surface area contributed by atoms with E-state index in [0.29, 0.717) is 17.5 Å². The molecule has 28 heavy (non-hydrogen) atoms. The Morgan fingerprint density at radius 1 is 0.964 bits per heavy atom. The third kappa shape index (κ3) is 2.46. The molecule has 0 spiro atoms. The van der Waals surface area contributed by atoms with Crippen molar-refractivity contribution in [2.45, 2.75) is 13.0 Å². The molecule has 7 heteroatoms. The van der Waals surface area contributed by atoms with E-state index in [1.54, 1.807) is 20.5 Å². The van der Waals surface area contributed by atoms with E-state index < -0.39 is 0 Å². The molecule has 0 radical (unpaired) electrons. The summed E-state index contributed by atoms with van der Waals surface area (Å²) in [5, 5.41) is 0.964. The highest BCUT2D eigenvalue weighted by atomic mass is 16.5. The number of aromatic nitrogens is 4. The standard InChI is InChI=1S/C21H21N5O2/c1-13-24-16-6-4-5-7-18(16)26(13)14-10-25(11-14)21-15-8-19(27-2)20(28-3)9-17(15)22-12-23-21/h4-9,12,14H,10-11H2,1-3H3. The summed E-state index contributed by atoms with van der Waals surface area (Å²) in [6.07, 6.45) is 1.61. The van der Waals surface area contributed by atoms with Crippen molar-refractivity contribution < 1.29 is 9.47 Å². The van der Waals surface area contributed by atoms with E-state index in [2.05, 4.69) is 44.6 Å². The molecule has 1 aliphatic rings. The lowest BCUT2D eigenvalue weighted by Crippen LogP contribution is -2.48. The third-order valence-corrected chi connectivity index (χ3v) is 5.42. The van der Waals surface area contributed by atoms with E-state index in [1.807, 2.05) is 18.2 Å². The van der Waals surface area contributed by atoms with Gasteiger partial charge in [0.15, 0.2) is 11.5 Å². The van der Waals surface area contributed by atoms with Crippen LogP contribution in [0.15, 0.2) is 42.7 Å². The number of hydrogen-bond acceptors (Lipinski definition) is 6. The minimum atomic E-state index is 0.373. The second-order valence-electron chi connectivity index (χ2n) is 7.00. The zero-order chi connectivity index (χ0) is 19.3. The topological polar surface area (TPSA) is 65.3 Å². The first-order chi connectivity index (χ1) is 13.7. The van der Waals surface area contributed by atoms with Crippen LogP contribution in [-0.2, 0) is 0 Å². The number of para-hydroxylation sites is 2. The number of anilines is 1. The van der Waals surface area contributed by atoms with Crippen LogP contribution in [-0.4, -0.2) is 46.8 Å². The Bertz CT molecular complexity index is 1180. The number of methoxy groups -OCH3 is 2. The Labute approximate surface area is 162 Å². The second kappa shape index (κ2) is 6.37. The number of imidazole rings is 1. The van der Waals surface area contributed by atoms with Crippen LogP contribution >= 0.6 is 0 Å². The van der Waals surface area contributed by atoms with Crippen molar-refractivity contribution in [1.82, 2.24) is 19.5 Å². The third-order valence-electron chi connectivity index (χ3n) is 5.42. The first-order valence-corrected chi connectivity index (χ1v) is 9.25. The van der Waals surface area contributed by atoms with Crippen LogP contribution in [0.25, 0.3) is 21.9 Å². The van der Waals surface area contributed by atoms with Gasteiger partial charge in [-0.05, 0) is 25.1 Å². The summed E-state index contributed by atoms with van der Waals surface area (Å²) in [5.74, 6) is 3.32. The van der Waals surface area contributed by atoms with Crippen molar-refractivity contribution in [2.75, 3.05) is 32.2 Å². The Hall–Kier alpha value is -3.35. The number of nitrogens with zero attached hydrogens (tertiary/aromatic N) is 5. The van der Waals surface area contributed by atoms with Crippen LogP contribution in [0.5, 0.6) is 11.5 Å².